The lowest BCUT2D eigenvalue weighted by atomic mass is 10.1. The number of ether oxygens (including phenoxy) is 2. The molecule has 2 aromatic carbocycles. The van der Waals surface area contributed by atoms with E-state index in [0.29, 0.717) is 5.69 Å². The number of amides is 2. The van der Waals surface area contributed by atoms with Crippen LogP contribution >= 0.6 is 15.9 Å². The summed E-state index contributed by atoms with van der Waals surface area (Å²) in [6.07, 6.45) is -5.32. The third-order valence-corrected chi connectivity index (χ3v) is 6.27. The zero-order valence-corrected chi connectivity index (χ0v) is 23.1. The zero-order valence-electron chi connectivity index (χ0n) is 21.5. The maximum absolute atomic E-state index is 15.0. The predicted octanol–water partition coefficient (Wildman–Crippen LogP) is 6.28. The number of halogens is 6. The van der Waals surface area contributed by atoms with E-state index in [1.807, 2.05) is 0 Å². The molecule has 0 aliphatic rings. The normalized spacial score (nSPS) is 12.1. The van der Waals surface area contributed by atoms with E-state index < -0.39 is 59.4 Å². The zero-order chi connectivity index (χ0) is 30.6. The van der Waals surface area contributed by atoms with E-state index in [1.165, 1.54) is 11.9 Å². The maximum atomic E-state index is 15.0. The van der Waals surface area contributed by atoms with E-state index in [1.54, 1.807) is 24.4 Å². The summed E-state index contributed by atoms with van der Waals surface area (Å²) < 4.78 is 84.5. The lowest BCUT2D eigenvalue weighted by Crippen LogP contribution is -2.29. The summed E-state index contributed by atoms with van der Waals surface area (Å²) in [5.74, 6) is -4.97. The molecule has 2 aromatic heterocycles. The minimum Gasteiger partial charge on any atom is -0.474 e. The van der Waals surface area contributed by atoms with Crippen molar-refractivity contribution in [1.29, 1.82) is 0 Å². The highest BCUT2D eigenvalue weighted by molar-refractivity contribution is 9.10. The van der Waals surface area contributed by atoms with Gasteiger partial charge in [-0.1, -0.05) is 18.2 Å². The van der Waals surface area contributed by atoms with Crippen molar-refractivity contribution in [2.45, 2.75) is 18.8 Å². The predicted molar refractivity (Wildman–Crippen MR) is 140 cm³/mol. The van der Waals surface area contributed by atoms with Gasteiger partial charge in [0.25, 0.3) is 5.91 Å². The van der Waals surface area contributed by atoms with Gasteiger partial charge in [-0.2, -0.15) is 13.2 Å². The molecule has 0 aliphatic carbocycles. The van der Waals surface area contributed by atoms with Crippen molar-refractivity contribution in [1.82, 2.24) is 14.9 Å². The molecular formula is C27H20BrF5N4O5. The summed E-state index contributed by atoms with van der Waals surface area (Å²) in [5.41, 5.74) is 3.99. The van der Waals surface area contributed by atoms with Crippen molar-refractivity contribution in [3.05, 3.63) is 99.8 Å². The molecule has 1 unspecified atom stereocenters. The largest absolute Gasteiger partial charge is 0.474 e. The Morgan fingerprint density at radius 3 is 2.43 bits per heavy atom. The molecule has 2 amide bonds. The molecule has 1 atom stereocenters. The van der Waals surface area contributed by atoms with E-state index in [2.05, 4.69) is 25.9 Å². The fourth-order valence-corrected chi connectivity index (χ4v) is 4.15. The van der Waals surface area contributed by atoms with E-state index in [0.717, 1.165) is 36.4 Å². The number of alkyl halides is 3. The molecule has 4 aromatic rings. The van der Waals surface area contributed by atoms with Gasteiger partial charge >= 0.3 is 12.3 Å². The number of oxazole rings is 1. The number of pyridine rings is 1. The SMILES string of the molecule is CN(Cc1ccccn1)C(=O)OCC(Oc1ccc(F)c(C(N)=O)c1F)c1nc(-c2ccc(C(F)(F)F)cc2)c(Br)o1. The van der Waals surface area contributed by atoms with E-state index >= 15 is 0 Å². The van der Waals surface area contributed by atoms with Gasteiger partial charge in [-0.05, 0) is 52.3 Å². The summed E-state index contributed by atoms with van der Waals surface area (Å²) in [6, 6.07) is 10.8. The van der Waals surface area contributed by atoms with Crippen molar-refractivity contribution in [2.75, 3.05) is 13.7 Å². The molecule has 15 heteroatoms. The van der Waals surface area contributed by atoms with Crippen molar-refractivity contribution in [2.24, 2.45) is 5.73 Å². The Morgan fingerprint density at radius 2 is 1.81 bits per heavy atom. The van der Waals surface area contributed by atoms with Crippen molar-refractivity contribution < 1.29 is 45.4 Å². The fraction of sp³-hybridized carbons (Fsp3) is 0.185. The Labute approximate surface area is 243 Å². The topological polar surface area (TPSA) is 121 Å². The van der Waals surface area contributed by atoms with Gasteiger partial charge in [-0.3, -0.25) is 9.78 Å². The standard InChI is InChI=1S/C27H20BrF5N4O5/c1-37(12-16-4-2-3-11-35-16)26(39)40-13-19(41-18-10-9-17(29)20(21(18)30)24(34)38)25-36-22(23(28)42-25)14-5-7-15(8-6-14)27(31,32)33/h2-11,19H,12-13H2,1H3,(H2,34,38). The molecule has 0 bridgehead atoms. The minimum absolute atomic E-state index is 0.0261. The van der Waals surface area contributed by atoms with Crippen molar-refractivity contribution >= 4 is 27.9 Å². The van der Waals surface area contributed by atoms with Gasteiger partial charge in [0.2, 0.25) is 12.0 Å². The number of nitrogens with two attached hydrogens (primary N) is 1. The molecular weight excluding hydrogens is 635 g/mol. The summed E-state index contributed by atoms with van der Waals surface area (Å²) in [6.45, 7) is -0.532. The van der Waals surface area contributed by atoms with Gasteiger partial charge in [0, 0.05) is 18.8 Å². The number of primary amides is 1. The van der Waals surface area contributed by atoms with Crippen molar-refractivity contribution in [3.8, 4) is 17.0 Å². The highest BCUT2D eigenvalue weighted by atomic mass is 79.9. The second-order valence-corrected chi connectivity index (χ2v) is 9.43. The number of rotatable bonds is 9. The number of carbonyl (C=O) groups is 2. The van der Waals surface area contributed by atoms with Crippen LogP contribution in [0.1, 0.15) is 33.6 Å². The third-order valence-electron chi connectivity index (χ3n) is 5.73. The molecule has 0 radical (unpaired) electrons. The average Bonchev–Trinajstić information content (AvgIpc) is 3.33. The number of carbonyl (C=O) groups excluding carboxylic acids is 2. The van der Waals surface area contributed by atoms with E-state index in [9.17, 15) is 31.5 Å². The highest BCUT2D eigenvalue weighted by Crippen LogP contribution is 2.36. The van der Waals surface area contributed by atoms with E-state index in [4.69, 9.17) is 19.6 Å². The highest BCUT2D eigenvalue weighted by Gasteiger charge is 2.31. The van der Waals surface area contributed by atoms with Crippen molar-refractivity contribution in [3.63, 3.8) is 0 Å². The molecule has 9 nitrogen and oxygen atoms in total. The summed E-state index contributed by atoms with van der Waals surface area (Å²) in [7, 11) is 1.44. The molecule has 42 heavy (non-hydrogen) atoms. The average molecular weight is 655 g/mol. The Bertz CT molecular complexity index is 1580. The van der Waals surface area contributed by atoms with Crippen LogP contribution in [0.5, 0.6) is 5.75 Å². The van der Waals surface area contributed by atoms with Gasteiger partial charge in [-0.15, -0.1) is 0 Å². The Morgan fingerprint density at radius 1 is 1.10 bits per heavy atom. The van der Waals surface area contributed by atoms with E-state index in [-0.39, 0.29) is 28.4 Å². The fourth-order valence-electron chi connectivity index (χ4n) is 3.67. The molecule has 2 N–H and O–H groups in total. The third kappa shape index (κ3) is 7.02. The van der Waals surface area contributed by atoms with Crippen LogP contribution < -0.4 is 10.5 Å². The Hall–Kier alpha value is -4.53. The molecule has 0 saturated carbocycles. The van der Waals surface area contributed by atoms with Crippen LogP contribution in [0, 0.1) is 11.6 Å². The van der Waals surface area contributed by atoms with Crippen LogP contribution in [0.2, 0.25) is 0 Å². The molecule has 220 valence electrons. The first-order valence-electron chi connectivity index (χ1n) is 11.9. The molecule has 4 rings (SSSR count). The quantitative estimate of drug-likeness (QED) is 0.211. The molecule has 0 aliphatic heterocycles. The monoisotopic (exact) mass is 654 g/mol. The lowest BCUT2D eigenvalue weighted by molar-refractivity contribution is -0.137. The molecule has 0 fully saturated rings. The maximum Gasteiger partial charge on any atom is 0.416 e. The number of aromatic nitrogens is 2. The van der Waals surface area contributed by atoms with Crippen LogP contribution in [-0.4, -0.2) is 40.5 Å². The summed E-state index contributed by atoms with van der Waals surface area (Å²) in [5, 5.41) is 0. The summed E-state index contributed by atoms with van der Waals surface area (Å²) >= 11 is 3.15. The number of hydrogen-bond donors (Lipinski definition) is 1. The molecule has 0 spiro atoms. The van der Waals surface area contributed by atoms with Gasteiger partial charge in [-0.25, -0.2) is 18.6 Å². The second-order valence-electron chi connectivity index (χ2n) is 8.71. The molecule has 0 saturated heterocycles. The van der Waals surface area contributed by atoms with Crippen LogP contribution in [0.25, 0.3) is 11.3 Å². The number of benzene rings is 2. The van der Waals surface area contributed by atoms with Crippen LogP contribution in [0.4, 0.5) is 26.7 Å². The van der Waals surface area contributed by atoms with Gasteiger partial charge in [0.15, 0.2) is 16.2 Å². The summed E-state index contributed by atoms with van der Waals surface area (Å²) in [4.78, 5) is 33.8. The number of nitrogens with zero attached hydrogens (tertiary/aromatic N) is 3. The van der Waals surface area contributed by atoms with Gasteiger partial charge < -0.3 is 24.5 Å². The van der Waals surface area contributed by atoms with Crippen LogP contribution in [0.3, 0.4) is 0 Å². The van der Waals surface area contributed by atoms with Gasteiger partial charge in [0.05, 0.1) is 17.8 Å². The van der Waals surface area contributed by atoms with Crippen LogP contribution in [-0.2, 0) is 17.5 Å². The first kappa shape index (κ1) is 30.4. The smallest absolute Gasteiger partial charge is 0.416 e. The number of hydrogen-bond acceptors (Lipinski definition) is 7. The second kappa shape index (κ2) is 12.5. The molecule has 2 heterocycles. The first-order chi connectivity index (χ1) is 19.8. The Kier molecular flexibility index (Phi) is 9.09. The Balaban J connectivity index is 1.62. The van der Waals surface area contributed by atoms with Gasteiger partial charge in [0.1, 0.15) is 23.7 Å². The minimum atomic E-state index is -4.56. The van der Waals surface area contributed by atoms with Crippen LogP contribution in [0.15, 0.2) is 69.9 Å². The first-order valence-corrected chi connectivity index (χ1v) is 12.7. The lowest BCUT2D eigenvalue weighted by Gasteiger charge is -2.20.